The first kappa shape index (κ1) is 16.5. The van der Waals surface area contributed by atoms with Crippen LogP contribution >= 0.6 is 0 Å². The minimum atomic E-state index is 0.101. The molecule has 2 aromatic rings. The fraction of sp³-hybridized carbons (Fsp3) is 0.579. The van der Waals surface area contributed by atoms with Crippen molar-refractivity contribution in [3.63, 3.8) is 0 Å². The van der Waals surface area contributed by atoms with E-state index in [1.807, 2.05) is 31.3 Å². The normalized spacial score (nSPS) is 24.0. The second-order valence-corrected chi connectivity index (χ2v) is 7.56. The maximum absolute atomic E-state index is 5.58. The molecular formula is C19H27N5O. The van der Waals surface area contributed by atoms with Crippen molar-refractivity contribution >= 4 is 5.95 Å². The molecule has 4 heterocycles. The number of likely N-dealkylation sites (N-methyl/N-ethyl adjacent to an activating group) is 1. The summed E-state index contributed by atoms with van der Waals surface area (Å²) in [6.07, 6.45) is 4.94. The van der Waals surface area contributed by atoms with Gasteiger partial charge in [0.05, 0.1) is 18.5 Å². The van der Waals surface area contributed by atoms with E-state index in [4.69, 9.17) is 9.40 Å². The van der Waals surface area contributed by atoms with Gasteiger partial charge in [0.1, 0.15) is 5.76 Å². The van der Waals surface area contributed by atoms with E-state index in [2.05, 4.69) is 27.8 Å². The second-order valence-electron chi connectivity index (χ2n) is 7.56. The molecule has 6 nitrogen and oxygen atoms in total. The highest BCUT2D eigenvalue weighted by Crippen LogP contribution is 2.40. The Hall–Kier alpha value is -1.92. The number of fused-ring (bicyclic) bond motifs is 2. The van der Waals surface area contributed by atoms with Crippen LogP contribution in [0, 0.1) is 0 Å². The van der Waals surface area contributed by atoms with E-state index < -0.39 is 0 Å². The topological polar surface area (TPSA) is 48.6 Å². The number of furan rings is 1. The fourth-order valence-electron chi connectivity index (χ4n) is 4.27. The smallest absolute Gasteiger partial charge is 0.225 e. The lowest BCUT2D eigenvalue weighted by Gasteiger charge is -2.41. The third-order valence-electron chi connectivity index (χ3n) is 5.51. The zero-order valence-corrected chi connectivity index (χ0v) is 15.4. The number of anilines is 1. The monoisotopic (exact) mass is 341 g/mol. The molecule has 0 bridgehead atoms. The van der Waals surface area contributed by atoms with Gasteiger partial charge in [0.15, 0.2) is 0 Å². The van der Waals surface area contributed by atoms with Crippen LogP contribution in [0.25, 0.3) is 0 Å². The molecule has 1 atom stereocenters. The van der Waals surface area contributed by atoms with Crippen molar-refractivity contribution in [2.45, 2.75) is 31.8 Å². The summed E-state index contributed by atoms with van der Waals surface area (Å²) in [5, 5.41) is 0. The van der Waals surface area contributed by atoms with Crippen molar-refractivity contribution < 1.29 is 4.42 Å². The maximum Gasteiger partial charge on any atom is 0.225 e. The van der Waals surface area contributed by atoms with E-state index in [1.165, 1.54) is 11.3 Å². The molecule has 4 rings (SSSR count). The first-order chi connectivity index (χ1) is 12.1. The van der Waals surface area contributed by atoms with Gasteiger partial charge < -0.3 is 14.2 Å². The number of hydrogen-bond donors (Lipinski definition) is 0. The van der Waals surface area contributed by atoms with Crippen LogP contribution < -0.4 is 4.90 Å². The molecule has 2 aliphatic rings. The van der Waals surface area contributed by atoms with Gasteiger partial charge in [-0.1, -0.05) is 6.92 Å². The number of likely N-dealkylation sites (tertiary alicyclic amines) is 1. The summed E-state index contributed by atoms with van der Waals surface area (Å²) in [6.45, 7) is 8.32. The number of nitrogens with zero attached hydrogens (tertiary/aromatic N) is 5. The van der Waals surface area contributed by atoms with Crippen molar-refractivity contribution in [1.29, 1.82) is 0 Å². The molecule has 0 radical (unpaired) electrons. The van der Waals surface area contributed by atoms with Gasteiger partial charge in [-0.2, -0.15) is 0 Å². The van der Waals surface area contributed by atoms with Crippen LogP contribution in [0.2, 0.25) is 0 Å². The Balaban J connectivity index is 1.69. The van der Waals surface area contributed by atoms with E-state index >= 15 is 0 Å². The Morgan fingerprint density at radius 2 is 2.12 bits per heavy atom. The van der Waals surface area contributed by atoms with Crippen molar-refractivity contribution in [2.24, 2.45) is 0 Å². The van der Waals surface area contributed by atoms with Gasteiger partial charge in [0.25, 0.3) is 0 Å². The minimum absolute atomic E-state index is 0.101. The molecule has 1 spiro atoms. The van der Waals surface area contributed by atoms with Crippen LogP contribution in [0.3, 0.4) is 0 Å². The van der Waals surface area contributed by atoms with Crippen molar-refractivity contribution in [3.05, 3.63) is 41.6 Å². The van der Waals surface area contributed by atoms with Gasteiger partial charge >= 0.3 is 0 Å². The van der Waals surface area contributed by atoms with Gasteiger partial charge in [-0.05, 0) is 31.6 Å². The van der Waals surface area contributed by atoms with Crippen LogP contribution in [0.1, 0.15) is 30.4 Å². The summed E-state index contributed by atoms with van der Waals surface area (Å²) < 4.78 is 5.58. The van der Waals surface area contributed by atoms with Gasteiger partial charge in [-0.15, -0.1) is 0 Å². The predicted molar refractivity (Wildman–Crippen MR) is 97.6 cm³/mol. The quantitative estimate of drug-likeness (QED) is 0.849. The molecule has 1 saturated heterocycles. The second kappa shape index (κ2) is 6.42. The van der Waals surface area contributed by atoms with Crippen LogP contribution in [0.5, 0.6) is 0 Å². The number of hydrogen-bond acceptors (Lipinski definition) is 6. The Morgan fingerprint density at radius 1 is 1.28 bits per heavy atom. The van der Waals surface area contributed by atoms with Gasteiger partial charge in [-0.3, -0.25) is 4.90 Å². The lowest BCUT2D eigenvalue weighted by molar-refractivity contribution is 0.153. The molecular weight excluding hydrogens is 314 g/mol. The first-order valence-electron chi connectivity index (χ1n) is 9.10. The largest absolute Gasteiger partial charge is 0.468 e. The van der Waals surface area contributed by atoms with Crippen molar-refractivity contribution in [3.8, 4) is 0 Å². The Kier molecular flexibility index (Phi) is 4.25. The Morgan fingerprint density at radius 3 is 2.80 bits per heavy atom. The standard InChI is InChI=1S/C19H27N5O/c1-4-23-8-7-19(13-23)14-24(12-16-6-5-9-25-16)11-15-10-20-18(22(2)3)21-17(15)19/h5-6,9-10H,4,7-8,11-14H2,1-3H3/t19-/m1/s1. The maximum atomic E-state index is 5.58. The third-order valence-corrected chi connectivity index (χ3v) is 5.51. The van der Waals surface area contributed by atoms with E-state index in [0.29, 0.717) is 0 Å². The Bertz CT molecular complexity index is 729. The SMILES string of the molecule is CCN1CC[C@@]2(C1)CN(Cc1ccco1)Cc1cnc(N(C)C)nc12. The van der Waals surface area contributed by atoms with E-state index in [0.717, 1.165) is 57.4 Å². The zero-order chi connectivity index (χ0) is 17.4. The van der Waals surface area contributed by atoms with Crippen LogP contribution in [0.15, 0.2) is 29.0 Å². The third kappa shape index (κ3) is 3.04. The predicted octanol–water partition coefficient (Wildman–Crippen LogP) is 2.11. The summed E-state index contributed by atoms with van der Waals surface area (Å²) in [6, 6.07) is 4.02. The molecule has 0 aliphatic carbocycles. The molecule has 0 unspecified atom stereocenters. The number of aromatic nitrogens is 2. The molecule has 134 valence electrons. The van der Waals surface area contributed by atoms with Crippen molar-refractivity contribution in [1.82, 2.24) is 19.8 Å². The van der Waals surface area contributed by atoms with Gasteiger partial charge in [-0.25, -0.2) is 9.97 Å². The average Bonchev–Trinajstić information content (AvgIpc) is 3.25. The Labute approximate surface area is 149 Å². The van der Waals surface area contributed by atoms with Crippen LogP contribution in [-0.2, 0) is 18.5 Å². The van der Waals surface area contributed by atoms with Crippen LogP contribution in [-0.4, -0.2) is 60.0 Å². The molecule has 0 saturated carbocycles. The molecule has 0 N–H and O–H groups in total. The first-order valence-corrected chi connectivity index (χ1v) is 9.10. The van der Waals surface area contributed by atoms with Gasteiger partial charge in [0.2, 0.25) is 5.95 Å². The van der Waals surface area contributed by atoms with E-state index in [9.17, 15) is 0 Å². The minimum Gasteiger partial charge on any atom is -0.468 e. The van der Waals surface area contributed by atoms with Gasteiger partial charge in [0, 0.05) is 50.9 Å². The highest BCUT2D eigenvalue weighted by Gasteiger charge is 2.46. The molecule has 2 aliphatic heterocycles. The zero-order valence-electron chi connectivity index (χ0n) is 15.4. The van der Waals surface area contributed by atoms with E-state index in [1.54, 1.807) is 6.26 Å². The molecule has 0 aromatic carbocycles. The highest BCUT2D eigenvalue weighted by atomic mass is 16.3. The molecule has 0 amide bonds. The summed E-state index contributed by atoms with van der Waals surface area (Å²) in [5.74, 6) is 1.84. The summed E-state index contributed by atoms with van der Waals surface area (Å²) in [7, 11) is 4.01. The molecule has 6 heteroatoms. The lowest BCUT2D eigenvalue weighted by atomic mass is 9.78. The molecule has 1 fully saturated rings. The summed E-state index contributed by atoms with van der Waals surface area (Å²) >= 11 is 0. The van der Waals surface area contributed by atoms with E-state index in [-0.39, 0.29) is 5.41 Å². The average molecular weight is 341 g/mol. The highest BCUT2D eigenvalue weighted by molar-refractivity contribution is 5.38. The van der Waals surface area contributed by atoms with Crippen molar-refractivity contribution in [2.75, 3.05) is 45.2 Å². The molecule has 25 heavy (non-hydrogen) atoms. The lowest BCUT2D eigenvalue weighted by Crippen LogP contribution is -2.48. The summed E-state index contributed by atoms with van der Waals surface area (Å²) in [4.78, 5) is 16.6. The molecule has 2 aromatic heterocycles. The number of rotatable bonds is 4. The fourth-order valence-corrected chi connectivity index (χ4v) is 4.27. The van der Waals surface area contributed by atoms with Crippen LogP contribution in [0.4, 0.5) is 5.95 Å². The summed E-state index contributed by atoms with van der Waals surface area (Å²) in [5.41, 5.74) is 2.63.